The lowest BCUT2D eigenvalue weighted by Gasteiger charge is -2.10. The minimum absolute atomic E-state index is 0.0628. The first kappa shape index (κ1) is 9.24. The van der Waals surface area contributed by atoms with E-state index in [1.165, 1.54) is 11.1 Å². The minimum Gasteiger partial charge on any atom is -0.383 e. The Morgan fingerprint density at radius 1 is 1.46 bits per heavy atom. The molecular formula is C7H11N5O. The summed E-state index contributed by atoms with van der Waals surface area (Å²) in [6.45, 7) is 0. The highest BCUT2D eigenvalue weighted by molar-refractivity contribution is 5.97. The molecule has 1 heterocycles. The number of hydrogen-bond acceptors (Lipinski definition) is 5. The third-order valence-corrected chi connectivity index (χ3v) is 1.47. The van der Waals surface area contributed by atoms with Gasteiger partial charge >= 0.3 is 0 Å². The van der Waals surface area contributed by atoms with Crippen molar-refractivity contribution in [2.24, 2.45) is 0 Å². The molecule has 0 aromatic carbocycles. The first-order valence-corrected chi connectivity index (χ1v) is 3.62. The Bertz CT molecular complexity index is 336. The summed E-state index contributed by atoms with van der Waals surface area (Å²) in [6.07, 6.45) is 1.32. The molecule has 1 rings (SSSR count). The maximum Gasteiger partial charge on any atom is 0.258 e. The molecule has 1 amide bonds. The predicted octanol–water partition coefficient (Wildman–Crippen LogP) is -0.657. The van der Waals surface area contributed by atoms with Gasteiger partial charge in [0.25, 0.3) is 5.91 Å². The van der Waals surface area contributed by atoms with Crippen LogP contribution in [-0.2, 0) is 0 Å². The molecule has 0 atom stereocenters. The number of carbonyl (C=O) groups excluding carboxylic acids is 1. The Labute approximate surface area is 75.6 Å². The number of nitrogens with two attached hydrogens (primary N) is 2. The molecule has 13 heavy (non-hydrogen) atoms. The highest BCUT2D eigenvalue weighted by Gasteiger charge is 2.13. The second kappa shape index (κ2) is 3.26. The van der Waals surface area contributed by atoms with Crippen LogP contribution in [0.1, 0.15) is 10.4 Å². The summed E-state index contributed by atoms with van der Waals surface area (Å²) in [5.74, 6) is -0.0727. The molecule has 0 aliphatic rings. The van der Waals surface area contributed by atoms with Gasteiger partial charge in [-0.05, 0) is 0 Å². The summed E-state index contributed by atoms with van der Waals surface area (Å²) in [6, 6.07) is 0. The number of amides is 1. The van der Waals surface area contributed by atoms with E-state index in [1.54, 1.807) is 14.1 Å². The van der Waals surface area contributed by atoms with Crippen molar-refractivity contribution in [3.05, 3.63) is 11.8 Å². The highest BCUT2D eigenvalue weighted by Crippen LogP contribution is 2.09. The van der Waals surface area contributed by atoms with E-state index in [2.05, 4.69) is 9.97 Å². The van der Waals surface area contributed by atoms with Gasteiger partial charge in [0.2, 0.25) is 5.95 Å². The average Bonchev–Trinajstić information content (AvgIpc) is 2.03. The molecule has 0 radical (unpaired) electrons. The van der Waals surface area contributed by atoms with Crippen molar-refractivity contribution < 1.29 is 4.79 Å². The number of aromatic nitrogens is 2. The predicted molar refractivity (Wildman–Crippen MR) is 48.9 cm³/mol. The van der Waals surface area contributed by atoms with Crippen LogP contribution in [0.5, 0.6) is 0 Å². The molecular weight excluding hydrogens is 170 g/mol. The molecule has 6 heteroatoms. The van der Waals surface area contributed by atoms with E-state index >= 15 is 0 Å². The van der Waals surface area contributed by atoms with Crippen LogP contribution in [0, 0.1) is 0 Å². The second-order valence-electron chi connectivity index (χ2n) is 2.73. The Hall–Kier alpha value is -1.85. The van der Waals surface area contributed by atoms with Gasteiger partial charge in [-0.25, -0.2) is 4.98 Å². The maximum absolute atomic E-state index is 11.4. The van der Waals surface area contributed by atoms with E-state index in [9.17, 15) is 4.79 Å². The molecule has 0 fully saturated rings. The molecule has 1 aromatic heterocycles. The van der Waals surface area contributed by atoms with Crippen molar-refractivity contribution in [3.63, 3.8) is 0 Å². The molecule has 0 aliphatic carbocycles. The normalized spacial score (nSPS) is 9.69. The molecule has 0 bridgehead atoms. The first-order chi connectivity index (χ1) is 6.02. The fraction of sp³-hybridized carbons (Fsp3) is 0.286. The monoisotopic (exact) mass is 181 g/mol. The number of nitrogen functional groups attached to an aromatic ring is 2. The Kier molecular flexibility index (Phi) is 2.32. The van der Waals surface area contributed by atoms with Gasteiger partial charge in [0.05, 0.1) is 0 Å². The standard InChI is InChI=1S/C7H11N5O/c1-12(2)6(13)4-3-10-7(9)11-5(4)8/h3H,1-2H3,(H4,8,9,10,11). The molecule has 0 aliphatic heterocycles. The molecule has 4 N–H and O–H groups in total. The van der Waals surface area contributed by atoms with Crippen molar-refractivity contribution in [2.45, 2.75) is 0 Å². The zero-order valence-corrected chi connectivity index (χ0v) is 7.48. The third kappa shape index (κ3) is 1.84. The molecule has 0 unspecified atom stereocenters. The van der Waals surface area contributed by atoms with Crippen molar-refractivity contribution >= 4 is 17.7 Å². The Morgan fingerprint density at radius 3 is 2.54 bits per heavy atom. The van der Waals surface area contributed by atoms with Crippen LogP contribution >= 0.6 is 0 Å². The zero-order chi connectivity index (χ0) is 10.0. The average molecular weight is 181 g/mol. The molecule has 70 valence electrons. The molecule has 0 saturated heterocycles. The van der Waals surface area contributed by atoms with E-state index in [0.29, 0.717) is 0 Å². The van der Waals surface area contributed by atoms with Gasteiger partial charge in [0.15, 0.2) is 0 Å². The maximum atomic E-state index is 11.4. The van der Waals surface area contributed by atoms with Gasteiger partial charge in [-0.15, -0.1) is 0 Å². The van der Waals surface area contributed by atoms with Crippen molar-refractivity contribution in [2.75, 3.05) is 25.6 Å². The van der Waals surface area contributed by atoms with E-state index in [0.717, 1.165) is 0 Å². The van der Waals surface area contributed by atoms with E-state index in [1.807, 2.05) is 0 Å². The topological polar surface area (TPSA) is 98.1 Å². The van der Waals surface area contributed by atoms with Crippen LogP contribution in [0.25, 0.3) is 0 Å². The summed E-state index contributed by atoms with van der Waals surface area (Å²) in [4.78, 5) is 20.2. The lowest BCUT2D eigenvalue weighted by atomic mass is 10.3. The zero-order valence-electron chi connectivity index (χ0n) is 7.48. The van der Waals surface area contributed by atoms with Gasteiger partial charge in [-0.1, -0.05) is 0 Å². The van der Waals surface area contributed by atoms with Crippen LogP contribution < -0.4 is 11.5 Å². The number of anilines is 2. The van der Waals surface area contributed by atoms with E-state index in [-0.39, 0.29) is 23.2 Å². The van der Waals surface area contributed by atoms with Gasteiger partial charge in [-0.3, -0.25) is 4.79 Å². The fourth-order valence-electron chi connectivity index (χ4n) is 0.815. The quantitative estimate of drug-likeness (QED) is 0.599. The van der Waals surface area contributed by atoms with E-state index in [4.69, 9.17) is 11.5 Å². The van der Waals surface area contributed by atoms with Crippen LogP contribution in [0.15, 0.2) is 6.20 Å². The van der Waals surface area contributed by atoms with Crippen molar-refractivity contribution in [1.29, 1.82) is 0 Å². The smallest absolute Gasteiger partial charge is 0.258 e. The Balaban J connectivity index is 3.09. The summed E-state index contributed by atoms with van der Waals surface area (Å²) in [7, 11) is 3.25. The van der Waals surface area contributed by atoms with Crippen LogP contribution in [0.2, 0.25) is 0 Å². The third-order valence-electron chi connectivity index (χ3n) is 1.47. The SMILES string of the molecule is CN(C)C(=O)c1cnc(N)nc1N. The number of hydrogen-bond donors (Lipinski definition) is 2. The summed E-state index contributed by atoms with van der Waals surface area (Å²) < 4.78 is 0. The molecule has 6 nitrogen and oxygen atoms in total. The largest absolute Gasteiger partial charge is 0.383 e. The number of carbonyl (C=O) groups is 1. The molecule has 0 saturated carbocycles. The first-order valence-electron chi connectivity index (χ1n) is 3.62. The fourth-order valence-corrected chi connectivity index (χ4v) is 0.815. The van der Waals surface area contributed by atoms with Crippen LogP contribution in [-0.4, -0.2) is 34.9 Å². The number of rotatable bonds is 1. The van der Waals surface area contributed by atoms with Gasteiger partial charge in [-0.2, -0.15) is 4.98 Å². The minimum atomic E-state index is -0.238. The van der Waals surface area contributed by atoms with Gasteiger partial charge in [0, 0.05) is 20.3 Å². The van der Waals surface area contributed by atoms with E-state index < -0.39 is 0 Å². The lowest BCUT2D eigenvalue weighted by molar-refractivity contribution is 0.0828. The van der Waals surface area contributed by atoms with Gasteiger partial charge in [0.1, 0.15) is 11.4 Å². The Morgan fingerprint density at radius 2 is 2.08 bits per heavy atom. The molecule has 0 spiro atoms. The van der Waals surface area contributed by atoms with Crippen LogP contribution in [0.3, 0.4) is 0 Å². The lowest BCUT2D eigenvalue weighted by Crippen LogP contribution is -2.23. The number of nitrogens with zero attached hydrogens (tertiary/aromatic N) is 3. The summed E-state index contributed by atoms with van der Waals surface area (Å²) in [5.41, 5.74) is 11.0. The highest BCUT2D eigenvalue weighted by atomic mass is 16.2. The van der Waals surface area contributed by atoms with Gasteiger partial charge < -0.3 is 16.4 Å². The second-order valence-corrected chi connectivity index (χ2v) is 2.73. The summed E-state index contributed by atoms with van der Waals surface area (Å²) >= 11 is 0. The summed E-state index contributed by atoms with van der Waals surface area (Å²) in [5, 5.41) is 0. The van der Waals surface area contributed by atoms with Crippen molar-refractivity contribution in [3.8, 4) is 0 Å². The van der Waals surface area contributed by atoms with Crippen LogP contribution in [0.4, 0.5) is 11.8 Å². The van der Waals surface area contributed by atoms with Crippen molar-refractivity contribution in [1.82, 2.24) is 14.9 Å². The molecule has 1 aromatic rings.